The molecule has 0 spiro atoms. The normalized spacial score (nSPS) is 13.2. The Kier molecular flexibility index (Phi) is 4.40. The topological polar surface area (TPSA) is 106 Å². The first kappa shape index (κ1) is 14.9. The van der Waals surface area contributed by atoms with Crippen LogP contribution in [-0.4, -0.2) is 22.5 Å². The second-order valence-electron chi connectivity index (χ2n) is 3.74. The number of pyridine rings is 1. The van der Waals surface area contributed by atoms with Gasteiger partial charge in [-0.25, -0.2) is 4.79 Å². The van der Waals surface area contributed by atoms with Gasteiger partial charge in [0.05, 0.1) is 22.6 Å². The molecule has 0 aliphatic heterocycles. The number of nitro groups is 1. The van der Waals surface area contributed by atoms with E-state index in [0.29, 0.717) is 0 Å². The third-order valence-electron chi connectivity index (χ3n) is 2.41. The molecule has 0 bridgehead atoms. The number of ether oxygens (including phenoxy) is 1. The van der Waals surface area contributed by atoms with Crippen molar-refractivity contribution in [2.45, 2.75) is 19.3 Å². The fourth-order valence-electron chi connectivity index (χ4n) is 1.42. The molecular weight excluding hydrogens is 274 g/mol. The average Bonchev–Trinajstić information content (AvgIpc) is 2.37. The minimum Gasteiger partial charge on any atom is -0.465 e. The van der Waals surface area contributed by atoms with Crippen LogP contribution in [0.1, 0.15) is 19.5 Å². The zero-order chi connectivity index (χ0) is 14.6. The number of nitriles is 1. The van der Waals surface area contributed by atoms with Gasteiger partial charge in [0.2, 0.25) is 0 Å². The van der Waals surface area contributed by atoms with Crippen molar-refractivity contribution in [3.05, 3.63) is 33.1 Å². The molecule has 1 rings (SSSR count). The van der Waals surface area contributed by atoms with Gasteiger partial charge in [-0.1, -0.05) is 11.6 Å². The quantitative estimate of drug-likeness (QED) is 0.475. The number of carbonyl (C=O) groups excluding carboxylic acids is 1. The monoisotopic (exact) mass is 283 g/mol. The highest BCUT2D eigenvalue weighted by Gasteiger charge is 2.44. The molecule has 100 valence electrons. The summed E-state index contributed by atoms with van der Waals surface area (Å²) in [4.78, 5) is 25.8. The van der Waals surface area contributed by atoms with Crippen LogP contribution in [-0.2, 0) is 14.9 Å². The van der Waals surface area contributed by atoms with Gasteiger partial charge in [-0.15, -0.1) is 0 Å². The summed E-state index contributed by atoms with van der Waals surface area (Å²) < 4.78 is 4.76. The van der Waals surface area contributed by atoms with E-state index in [-0.39, 0.29) is 17.3 Å². The van der Waals surface area contributed by atoms with Gasteiger partial charge >= 0.3 is 5.97 Å². The molecule has 1 aromatic rings. The molecule has 0 saturated carbocycles. The van der Waals surface area contributed by atoms with Crippen LogP contribution >= 0.6 is 11.6 Å². The molecule has 7 nitrogen and oxygen atoms in total. The van der Waals surface area contributed by atoms with E-state index in [1.165, 1.54) is 6.92 Å². The third kappa shape index (κ3) is 2.80. The summed E-state index contributed by atoms with van der Waals surface area (Å²) in [5.74, 6) is -0.893. The molecule has 0 amide bonds. The van der Waals surface area contributed by atoms with Crippen molar-refractivity contribution in [1.82, 2.24) is 4.98 Å². The summed E-state index contributed by atoms with van der Waals surface area (Å²) in [6.07, 6.45) is 1.14. The van der Waals surface area contributed by atoms with E-state index in [0.717, 1.165) is 12.3 Å². The van der Waals surface area contributed by atoms with Gasteiger partial charge in [0.1, 0.15) is 5.69 Å². The van der Waals surface area contributed by atoms with E-state index in [2.05, 4.69) is 4.98 Å². The van der Waals surface area contributed by atoms with Crippen molar-refractivity contribution < 1.29 is 14.5 Å². The minimum atomic E-state index is -1.86. The molecule has 1 aromatic heterocycles. The Morgan fingerprint density at radius 1 is 1.74 bits per heavy atom. The molecule has 8 heteroatoms. The summed E-state index contributed by atoms with van der Waals surface area (Å²) in [6, 6.07) is 2.75. The average molecular weight is 284 g/mol. The summed E-state index contributed by atoms with van der Waals surface area (Å²) in [5, 5.41) is 20.2. The largest absolute Gasteiger partial charge is 0.465 e. The van der Waals surface area contributed by atoms with Crippen LogP contribution in [0.3, 0.4) is 0 Å². The molecule has 19 heavy (non-hydrogen) atoms. The smallest absolute Gasteiger partial charge is 0.332 e. The Hall–Kier alpha value is -2.20. The van der Waals surface area contributed by atoms with E-state index in [1.807, 2.05) is 0 Å². The number of halogens is 1. The standard InChI is InChI=1S/C11H10ClN3O4/c1-3-19-10(16)11(2,6-13)9-8(15(17)18)4-7(12)5-14-9/h4-5H,3H2,1-2H3. The van der Waals surface area contributed by atoms with Crippen molar-refractivity contribution >= 4 is 23.3 Å². The van der Waals surface area contributed by atoms with Gasteiger partial charge in [0.15, 0.2) is 5.41 Å². The molecule has 0 N–H and O–H groups in total. The van der Waals surface area contributed by atoms with Crippen molar-refractivity contribution in [3.63, 3.8) is 0 Å². The van der Waals surface area contributed by atoms with E-state index in [4.69, 9.17) is 21.6 Å². The van der Waals surface area contributed by atoms with Gasteiger partial charge < -0.3 is 4.74 Å². The lowest BCUT2D eigenvalue weighted by molar-refractivity contribution is -0.386. The van der Waals surface area contributed by atoms with Crippen molar-refractivity contribution in [2.75, 3.05) is 6.61 Å². The van der Waals surface area contributed by atoms with Crippen LogP contribution in [0.25, 0.3) is 0 Å². The molecule has 0 radical (unpaired) electrons. The third-order valence-corrected chi connectivity index (χ3v) is 2.62. The van der Waals surface area contributed by atoms with Crippen molar-refractivity contribution in [1.29, 1.82) is 5.26 Å². The first-order valence-corrected chi connectivity index (χ1v) is 5.63. The fraction of sp³-hybridized carbons (Fsp3) is 0.364. The Morgan fingerprint density at radius 3 is 2.84 bits per heavy atom. The lowest BCUT2D eigenvalue weighted by Crippen LogP contribution is -2.34. The van der Waals surface area contributed by atoms with E-state index >= 15 is 0 Å². The molecule has 0 saturated heterocycles. The van der Waals surface area contributed by atoms with Crippen molar-refractivity contribution in [2.24, 2.45) is 0 Å². The highest BCUT2D eigenvalue weighted by Crippen LogP contribution is 2.32. The Balaban J connectivity index is 3.46. The number of nitrogens with zero attached hydrogens (tertiary/aromatic N) is 3. The number of hydrogen-bond donors (Lipinski definition) is 0. The van der Waals surface area contributed by atoms with Crippen LogP contribution in [0.5, 0.6) is 0 Å². The maximum Gasteiger partial charge on any atom is 0.332 e. The summed E-state index contributed by atoms with van der Waals surface area (Å²) in [7, 11) is 0. The van der Waals surface area contributed by atoms with Gasteiger partial charge in [-0.3, -0.25) is 15.1 Å². The Morgan fingerprint density at radius 2 is 2.37 bits per heavy atom. The SMILES string of the molecule is CCOC(=O)C(C)(C#N)c1ncc(Cl)cc1[N+](=O)[O-]. The summed E-state index contributed by atoms with van der Waals surface area (Å²) in [5.41, 5.74) is -2.64. The highest BCUT2D eigenvalue weighted by molar-refractivity contribution is 6.30. The first-order chi connectivity index (χ1) is 8.86. The van der Waals surface area contributed by atoms with Crippen LogP contribution in [0.15, 0.2) is 12.3 Å². The van der Waals surface area contributed by atoms with Crippen LogP contribution in [0, 0.1) is 21.4 Å². The van der Waals surface area contributed by atoms with Crippen LogP contribution < -0.4 is 0 Å². The molecule has 1 atom stereocenters. The number of rotatable bonds is 4. The molecule has 0 aromatic carbocycles. The first-order valence-electron chi connectivity index (χ1n) is 5.25. The van der Waals surface area contributed by atoms with Crippen molar-refractivity contribution in [3.8, 4) is 6.07 Å². The summed E-state index contributed by atoms with van der Waals surface area (Å²) >= 11 is 5.63. The highest BCUT2D eigenvalue weighted by atomic mass is 35.5. The number of aromatic nitrogens is 1. The zero-order valence-corrected chi connectivity index (χ0v) is 11.0. The number of carbonyl (C=O) groups is 1. The van der Waals surface area contributed by atoms with Crippen LogP contribution in [0.4, 0.5) is 5.69 Å². The van der Waals surface area contributed by atoms with Crippen LogP contribution in [0.2, 0.25) is 5.02 Å². The molecule has 1 heterocycles. The molecule has 0 aliphatic rings. The predicted octanol–water partition coefficient (Wildman–Crippen LogP) is 1.99. The maximum atomic E-state index is 11.8. The lowest BCUT2D eigenvalue weighted by Gasteiger charge is -2.18. The van der Waals surface area contributed by atoms with Gasteiger partial charge in [0.25, 0.3) is 5.69 Å². The minimum absolute atomic E-state index is 0.0413. The molecule has 0 fully saturated rings. The summed E-state index contributed by atoms with van der Waals surface area (Å²) in [6.45, 7) is 2.84. The molecule has 1 unspecified atom stereocenters. The molecule has 0 aliphatic carbocycles. The second-order valence-corrected chi connectivity index (χ2v) is 4.17. The predicted molar refractivity (Wildman–Crippen MR) is 65.5 cm³/mol. The second kappa shape index (κ2) is 5.63. The van der Waals surface area contributed by atoms with Gasteiger partial charge in [0, 0.05) is 12.3 Å². The number of esters is 1. The lowest BCUT2D eigenvalue weighted by atomic mass is 9.87. The Labute approximate surface area is 113 Å². The zero-order valence-electron chi connectivity index (χ0n) is 10.2. The van der Waals surface area contributed by atoms with E-state index in [1.54, 1.807) is 13.0 Å². The number of hydrogen-bond acceptors (Lipinski definition) is 6. The molecular formula is C11H10ClN3O4. The van der Waals surface area contributed by atoms with Gasteiger partial charge in [-0.05, 0) is 13.8 Å². The van der Waals surface area contributed by atoms with Gasteiger partial charge in [-0.2, -0.15) is 5.26 Å². The van der Waals surface area contributed by atoms with E-state index < -0.39 is 22.0 Å². The van der Waals surface area contributed by atoms with E-state index in [9.17, 15) is 14.9 Å². The Bertz CT molecular complexity index is 570. The maximum absolute atomic E-state index is 11.8. The fourth-order valence-corrected chi connectivity index (χ4v) is 1.58.